The lowest BCUT2D eigenvalue weighted by Crippen LogP contribution is -2.48. The Hall–Kier alpha value is -3.16. The number of aromatic amines is 1. The van der Waals surface area contributed by atoms with Crippen LogP contribution in [0.2, 0.25) is 0 Å². The number of carbonyl (C=O) groups excluding carboxylic acids is 2. The average Bonchev–Trinajstić information content (AvgIpc) is 3.17. The highest BCUT2D eigenvalue weighted by Gasteiger charge is 2.31. The first-order chi connectivity index (χ1) is 13.5. The third kappa shape index (κ3) is 3.49. The van der Waals surface area contributed by atoms with Gasteiger partial charge in [-0.05, 0) is 31.4 Å². The number of piperidine rings is 1. The molecule has 0 atom stereocenters. The largest absolute Gasteiger partial charge is 0.478 e. The van der Waals surface area contributed by atoms with Gasteiger partial charge in [0.1, 0.15) is 5.82 Å². The van der Waals surface area contributed by atoms with Crippen molar-refractivity contribution in [3.8, 4) is 11.4 Å². The number of carbonyl (C=O) groups is 3. The quantitative estimate of drug-likeness (QED) is 0.769. The summed E-state index contributed by atoms with van der Waals surface area (Å²) in [5, 5.41) is 9.16. The second-order valence-electron chi connectivity index (χ2n) is 7.23. The Morgan fingerprint density at radius 3 is 2.50 bits per heavy atom. The third-order valence-electron chi connectivity index (χ3n) is 5.33. The standard InChI is InChI=1S/C20H22N4O4/c25-18(23-8-2-1-3-9-23)19(26)24-10-7-15-16(12-24)22-17(21-15)13-5-4-6-14(11-13)20(27)28/h4-6,11H,1-3,7-10,12H2,(H,21,22)(H,27,28). The molecule has 3 heterocycles. The van der Waals surface area contributed by atoms with E-state index in [0.717, 1.165) is 30.7 Å². The minimum absolute atomic E-state index is 0.191. The first-order valence-electron chi connectivity index (χ1n) is 9.52. The SMILES string of the molecule is O=C(O)c1cccc(-c2nc3c([nH]2)CN(C(=O)C(=O)N2CCCCC2)CC3)c1. The van der Waals surface area contributed by atoms with Gasteiger partial charge in [-0.2, -0.15) is 0 Å². The lowest BCUT2D eigenvalue weighted by atomic mass is 10.1. The summed E-state index contributed by atoms with van der Waals surface area (Å²) in [6, 6.07) is 6.56. The molecule has 0 radical (unpaired) electrons. The summed E-state index contributed by atoms with van der Waals surface area (Å²) in [5.41, 5.74) is 2.51. The fourth-order valence-corrected chi connectivity index (χ4v) is 3.77. The number of aromatic carboxylic acids is 1. The predicted molar refractivity (Wildman–Crippen MR) is 101 cm³/mol. The van der Waals surface area contributed by atoms with Gasteiger partial charge >= 0.3 is 17.8 Å². The van der Waals surface area contributed by atoms with Crippen LogP contribution in [-0.2, 0) is 22.6 Å². The Balaban J connectivity index is 1.50. The van der Waals surface area contributed by atoms with Crippen molar-refractivity contribution in [1.29, 1.82) is 0 Å². The van der Waals surface area contributed by atoms with Gasteiger partial charge in [0, 0.05) is 31.6 Å². The van der Waals surface area contributed by atoms with Crippen LogP contribution in [0.25, 0.3) is 11.4 Å². The number of rotatable bonds is 2. The Bertz CT molecular complexity index is 930. The van der Waals surface area contributed by atoms with E-state index >= 15 is 0 Å². The van der Waals surface area contributed by atoms with Crippen molar-refractivity contribution < 1.29 is 19.5 Å². The second-order valence-corrected chi connectivity index (χ2v) is 7.23. The molecule has 2 aromatic rings. The molecule has 8 heteroatoms. The third-order valence-corrected chi connectivity index (χ3v) is 5.33. The van der Waals surface area contributed by atoms with E-state index in [4.69, 9.17) is 5.11 Å². The first kappa shape index (κ1) is 18.2. The van der Waals surface area contributed by atoms with Crippen LogP contribution in [0.1, 0.15) is 41.0 Å². The highest BCUT2D eigenvalue weighted by Crippen LogP contribution is 2.24. The molecule has 0 bridgehead atoms. The van der Waals surface area contributed by atoms with Crippen molar-refractivity contribution in [2.24, 2.45) is 0 Å². The molecule has 2 amide bonds. The van der Waals surface area contributed by atoms with Crippen molar-refractivity contribution in [3.63, 3.8) is 0 Å². The molecular weight excluding hydrogens is 360 g/mol. The Morgan fingerprint density at radius 1 is 1.00 bits per heavy atom. The number of fused-ring (bicyclic) bond motifs is 1. The zero-order valence-electron chi connectivity index (χ0n) is 15.5. The minimum atomic E-state index is -0.994. The number of H-pyrrole nitrogens is 1. The molecule has 2 aliphatic heterocycles. The smallest absolute Gasteiger partial charge is 0.335 e. The fourth-order valence-electron chi connectivity index (χ4n) is 3.77. The molecule has 8 nitrogen and oxygen atoms in total. The molecule has 1 fully saturated rings. The van der Waals surface area contributed by atoms with E-state index in [9.17, 15) is 14.4 Å². The number of nitrogens with zero attached hydrogens (tertiary/aromatic N) is 3. The van der Waals surface area contributed by atoms with E-state index in [1.54, 1.807) is 28.0 Å². The minimum Gasteiger partial charge on any atom is -0.478 e. The summed E-state index contributed by atoms with van der Waals surface area (Å²) in [4.78, 5) is 47.3. The van der Waals surface area contributed by atoms with E-state index in [1.165, 1.54) is 6.07 Å². The zero-order valence-corrected chi connectivity index (χ0v) is 15.5. The van der Waals surface area contributed by atoms with Crippen LogP contribution in [0.15, 0.2) is 24.3 Å². The fraction of sp³-hybridized carbons (Fsp3) is 0.400. The van der Waals surface area contributed by atoms with Crippen LogP contribution in [-0.4, -0.2) is 62.3 Å². The summed E-state index contributed by atoms with van der Waals surface area (Å²) in [5.74, 6) is -1.30. The molecule has 2 aliphatic rings. The number of amides is 2. The summed E-state index contributed by atoms with van der Waals surface area (Å²) in [7, 11) is 0. The number of benzene rings is 1. The molecule has 0 spiro atoms. The van der Waals surface area contributed by atoms with Gasteiger partial charge in [0.05, 0.1) is 23.5 Å². The Morgan fingerprint density at radius 2 is 1.75 bits per heavy atom. The maximum atomic E-state index is 12.6. The summed E-state index contributed by atoms with van der Waals surface area (Å²) in [6.45, 7) is 2.06. The molecule has 1 aromatic heterocycles. The van der Waals surface area contributed by atoms with Gasteiger partial charge in [0.2, 0.25) is 0 Å². The number of hydrogen-bond acceptors (Lipinski definition) is 4. The number of carboxylic acids is 1. The van der Waals surface area contributed by atoms with Gasteiger partial charge in [-0.3, -0.25) is 9.59 Å². The Kier molecular flexibility index (Phi) is 4.85. The normalized spacial score (nSPS) is 16.6. The highest BCUT2D eigenvalue weighted by atomic mass is 16.4. The number of nitrogens with one attached hydrogen (secondary N) is 1. The molecule has 1 aromatic carbocycles. The van der Waals surface area contributed by atoms with E-state index in [0.29, 0.717) is 44.0 Å². The van der Waals surface area contributed by atoms with Crippen LogP contribution >= 0.6 is 0 Å². The maximum absolute atomic E-state index is 12.6. The van der Waals surface area contributed by atoms with Crippen LogP contribution in [0.5, 0.6) is 0 Å². The van der Waals surface area contributed by atoms with Gasteiger partial charge in [0.15, 0.2) is 0 Å². The Labute approximate surface area is 162 Å². The average molecular weight is 382 g/mol. The van der Waals surface area contributed by atoms with Gasteiger partial charge in [0.25, 0.3) is 0 Å². The topological polar surface area (TPSA) is 107 Å². The van der Waals surface area contributed by atoms with Crippen LogP contribution in [0.3, 0.4) is 0 Å². The molecule has 4 rings (SSSR count). The summed E-state index contributed by atoms with van der Waals surface area (Å²) < 4.78 is 0. The zero-order chi connectivity index (χ0) is 19.7. The van der Waals surface area contributed by atoms with Gasteiger partial charge in [-0.1, -0.05) is 12.1 Å². The van der Waals surface area contributed by atoms with Crippen LogP contribution in [0, 0.1) is 0 Å². The molecule has 0 aliphatic carbocycles. The predicted octanol–water partition coefficient (Wildman–Crippen LogP) is 1.67. The van der Waals surface area contributed by atoms with E-state index in [-0.39, 0.29) is 5.56 Å². The van der Waals surface area contributed by atoms with Crippen molar-refractivity contribution in [3.05, 3.63) is 41.2 Å². The van der Waals surface area contributed by atoms with Gasteiger partial charge in [-0.15, -0.1) is 0 Å². The van der Waals surface area contributed by atoms with Gasteiger partial charge < -0.3 is 19.9 Å². The molecular formula is C20H22N4O4. The molecule has 146 valence electrons. The lowest BCUT2D eigenvalue weighted by Gasteiger charge is -2.30. The number of carboxylic acid groups (broad SMARTS) is 1. The number of likely N-dealkylation sites (tertiary alicyclic amines) is 1. The van der Waals surface area contributed by atoms with Crippen LogP contribution < -0.4 is 0 Å². The number of imidazole rings is 1. The van der Waals surface area contributed by atoms with E-state index in [2.05, 4.69) is 9.97 Å². The summed E-state index contributed by atoms with van der Waals surface area (Å²) >= 11 is 0. The first-order valence-corrected chi connectivity index (χ1v) is 9.52. The highest BCUT2D eigenvalue weighted by molar-refractivity contribution is 6.34. The monoisotopic (exact) mass is 382 g/mol. The van der Waals surface area contributed by atoms with Crippen LogP contribution in [0.4, 0.5) is 0 Å². The van der Waals surface area contributed by atoms with E-state index < -0.39 is 17.8 Å². The van der Waals surface area contributed by atoms with Crippen molar-refractivity contribution in [2.75, 3.05) is 19.6 Å². The van der Waals surface area contributed by atoms with Gasteiger partial charge in [-0.25, -0.2) is 9.78 Å². The van der Waals surface area contributed by atoms with Crippen molar-refractivity contribution >= 4 is 17.8 Å². The van der Waals surface area contributed by atoms with E-state index in [1.807, 2.05) is 0 Å². The maximum Gasteiger partial charge on any atom is 0.335 e. The number of hydrogen-bond donors (Lipinski definition) is 2. The second kappa shape index (κ2) is 7.46. The number of aromatic nitrogens is 2. The van der Waals surface area contributed by atoms with Crippen molar-refractivity contribution in [1.82, 2.24) is 19.8 Å². The molecule has 0 unspecified atom stereocenters. The van der Waals surface area contributed by atoms with Crippen molar-refractivity contribution in [2.45, 2.75) is 32.2 Å². The summed E-state index contributed by atoms with van der Waals surface area (Å²) in [6.07, 6.45) is 3.56. The molecule has 1 saturated heterocycles. The molecule has 2 N–H and O–H groups in total. The lowest BCUT2D eigenvalue weighted by molar-refractivity contribution is -0.153. The molecule has 28 heavy (non-hydrogen) atoms. The molecule has 0 saturated carbocycles.